The molecule has 0 radical (unpaired) electrons. The van der Waals surface area contributed by atoms with Crippen LogP contribution in [0.3, 0.4) is 0 Å². The molecule has 11 aromatic rings. The van der Waals surface area contributed by atoms with E-state index >= 15 is 0 Å². The summed E-state index contributed by atoms with van der Waals surface area (Å²) in [5, 5.41) is 2.22. The van der Waals surface area contributed by atoms with Crippen molar-refractivity contribution in [2.75, 3.05) is 9.80 Å². The first kappa shape index (κ1) is 37.6. The highest BCUT2D eigenvalue weighted by molar-refractivity contribution is 6.06. The molecule has 0 atom stereocenters. The van der Waals surface area contributed by atoms with Crippen molar-refractivity contribution in [3.63, 3.8) is 0 Å². The molecule has 1 aromatic heterocycles. The maximum atomic E-state index is 6.47. The first-order chi connectivity index (χ1) is 31.3. The smallest absolute Gasteiger partial charge is 0.137 e. The van der Waals surface area contributed by atoms with Gasteiger partial charge < -0.3 is 14.2 Å². The molecule has 0 bridgehead atoms. The number of nitrogens with zero attached hydrogens (tertiary/aromatic N) is 2. The van der Waals surface area contributed by atoms with E-state index in [-0.39, 0.29) is 0 Å². The Morgan fingerprint density at radius 1 is 0.238 bits per heavy atom. The summed E-state index contributed by atoms with van der Waals surface area (Å²) in [6.45, 7) is 0. The Kier molecular flexibility index (Phi) is 9.89. The van der Waals surface area contributed by atoms with Crippen LogP contribution in [0.1, 0.15) is 0 Å². The van der Waals surface area contributed by atoms with Crippen LogP contribution < -0.4 is 9.80 Å². The monoisotopic (exact) mass is 806 g/mol. The Morgan fingerprint density at radius 2 is 0.619 bits per heavy atom. The van der Waals surface area contributed by atoms with Crippen LogP contribution in [0.2, 0.25) is 0 Å². The van der Waals surface area contributed by atoms with E-state index < -0.39 is 0 Å². The van der Waals surface area contributed by atoms with E-state index in [1.165, 1.54) is 0 Å². The predicted octanol–water partition coefficient (Wildman–Crippen LogP) is 17.2. The van der Waals surface area contributed by atoms with Gasteiger partial charge in [-0.2, -0.15) is 0 Å². The number of para-hydroxylation sites is 4. The maximum Gasteiger partial charge on any atom is 0.137 e. The Morgan fingerprint density at radius 3 is 1.14 bits per heavy atom. The molecule has 0 aliphatic heterocycles. The van der Waals surface area contributed by atoms with Crippen LogP contribution in [0.15, 0.2) is 259 Å². The highest BCUT2D eigenvalue weighted by Gasteiger charge is 2.22. The molecule has 3 heteroatoms. The fourth-order valence-electron chi connectivity index (χ4n) is 8.93. The highest BCUT2D eigenvalue weighted by Crippen LogP contribution is 2.47. The second kappa shape index (κ2) is 16.6. The van der Waals surface area contributed by atoms with Crippen molar-refractivity contribution in [1.82, 2.24) is 0 Å². The van der Waals surface area contributed by atoms with Gasteiger partial charge >= 0.3 is 0 Å². The van der Waals surface area contributed by atoms with Crippen LogP contribution in [-0.4, -0.2) is 0 Å². The summed E-state index contributed by atoms with van der Waals surface area (Å²) in [6, 6.07) is 90.8. The largest absolute Gasteiger partial charge is 0.456 e. The molecule has 0 unspecified atom stereocenters. The van der Waals surface area contributed by atoms with Crippen molar-refractivity contribution in [3.8, 4) is 44.5 Å². The van der Waals surface area contributed by atoms with E-state index in [9.17, 15) is 0 Å². The van der Waals surface area contributed by atoms with Gasteiger partial charge in [0.25, 0.3) is 0 Å². The zero-order chi connectivity index (χ0) is 42.0. The molecule has 1 heterocycles. The summed E-state index contributed by atoms with van der Waals surface area (Å²) >= 11 is 0. The number of furan rings is 1. The van der Waals surface area contributed by atoms with Crippen molar-refractivity contribution in [3.05, 3.63) is 255 Å². The molecular formula is C60H42N2O. The van der Waals surface area contributed by atoms with Gasteiger partial charge in [0.05, 0.1) is 17.1 Å². The van der Waals surface area contributed by atoms with Gasteiger partial charge in [-0.25, -0.2) is 0 Å². The van der Waals surface area contributed by atoms with Gasteiger partial charge in [-0.05, 0) is 88.5 Å². The van der Waals surface area contributed by atoms with Crippen LogP contribution in [0.5, 0.6) is 0 Å². The molecule has 0 saturated carbocycles. The third-order valence-corrected chi connectivity index (χ3v) is 11.9. The van der Waals surface area contributed by atoms with Crippen LogP contribution in [0, 0.1) is 0 Å². The lowest BCUT2D eigenvalue weighted by Gasteiger charge is -2.30. The molecule has 11 rings (SSSR count). The number of anilines is 6. The van der Waals surface area contributed by atoms with Gasteiger partial charge in [0.2, 0.25) is 0 Å². The van der Waals surface area contributed by atoms with E-state index in [4.69, 9.17) is 4.42 Å². The summed E-state index contributed by atoms with van der Waals surface area (Å²) in [5.41, 5.74) is 17.3. The minimum Gasteiger partial charge on any atom is -0.456 e. The summed E-state index contributed by atoms with van der Waals surface area (Å²) in [7, 11) is 0. The normalized spacial score (nSPS) is 11.2. The fraction of sp³-hybridized carbons (Fsp3) is 0. The van der Waals surface area contributed by atoms with Gasteiger partial charge in [-0.3, -0.25) is 0 Å². The van der Waals surface area contributed by atoms with E-state index in [1.807, 2.05) is 12.1 Å². The average molecular weight is 807 g/mol. The number of fused-ring (bicyclic) bond motifs is 3. The van der Waals surface area contributed by atoms with Gasteiger partial charge in [-0.15, -0.1) is 0 Å². The summed E-state index contributed by atoms with van der Waals surface area (Å²) in [5.74, 6) is 0. The number of hydrogen-bond acceptors (Lipinski definition) is 3. The molecule has 0 N–H and O–H groups in total. The highest BCUT2D eigenvalue weighted by atomic mass is 16.3. The maximum absolute atomic E-state index is 6.47. The van der Waals surface area contributed by atoms with Crippen LogP contribution >= 0.6 is 0 Å². The zero-order valence-corrected chi connectivity index (χ0v) is 34.6. The molecule has 0 saturated heterocycles. The first-order valence-electron chi connectivity index (χ1n) is 21.4. The standard InChI is InChI=1S/C60H42N2O/c1-4-20-43(21-5-1)51-30-10-14-34-56(51)61(50-38-39-55-54-33-13-17-37-59(54)63-60(55)42-50)48-28-18-26-46(40-48)47-27-19-29-49(41-47)62(57-35-15-11-31-52(57)44-22-6-2-7-23-44)58-36-16-12-32-53(58)45-24-8-3-9-25-45/h1-42H. The third kappa shape index (κ3) is 7.22. The lowest BCUT2D eigenvalue weighted by Crippen LogP contribution is -2.12. The molecule has 0 fully saturated rings. The van der Waals surface area contributed by atoms with Crippen molar-refractivity contribution in [2.45, 2.75) is 0 Å². The van der Waals surface area contributed by atoms with Crippen molar-refractivity contribution >= 4 is 56.1 Å². The number of rotatable bonds is 10. The summed E-state index contributed by atoms with van der Waals surface area (Å²) in [4.78, 5) is 4.78. The predicted molar refractivity (Wildman–Crippen MR) is 265 cm³/mol. The number of benzene rings is 10. The summed E-state index contributed by atoms with van der Waals surface area (Å²) < 4.78 is 6.47. The lowest BCUT2D eigenvalue weighted by molar-refractivity contribution is 0.669. The van der Waals surface area contributed by atoms with Crippen molar-refractivity contribution < 1.29 is 4.42 Å². The minimum absolute atomic E-state index is 0.853. The van der Waals surface area contributed by atoms with Crippen LogP contribution in [0.4, 0.5) is 34.1 Å². The van der Waals surface area contributed by atoms with Gasteiger partial charge in [0.1, 0.15) is 11.2 Å². The molecule has 0 amide bonds. The molecule has 0 aliphatic rings. The van der Waals surface area contributed by atoms with Crippen LogP contribution in [-0.2, 0) is 0 Å². The molecule has 10 aromatic carbocycles. The molecular weight excluding hydrogens is 765 g/mol. The lowest BCUT2D eigenvalue weighted by atomic mass is 9.98. The fourth-order valence-corrected chi connectivity index (χ4v) is 8.93. The molecule has 0 spiro atoms. The van der Waals surface area contributed by atoms with Crippen molar-refractivity contribution in [2.24, 2.45) is 0 Å². The molecule has 63 heavy (non-hydrogen) atoms. The second-order valence-electron chi connectivity index (χ2n) is 15.7. The van der Waals surface area contributed by atoms with E-state index in [2.05, 4.69) is 252 Å². The van der Waals surface area contributed by atoms with Gasteiger partial charge in [0, 0.05) is 50.6 Å². The van der Waals surface area contributed by atoms with Crippen LogP contribution in [0.25, 0.3) is 66.4 Å². The number of hydrogen-bond donors (Lipinski definition) is 0. The van der Waals surface area contributed by atoms with Crippen molar-refractivity contribution in [1.29, 1.82) is 0 Å². The average Bonchev–Trinajstić information content (AvgIpc) is 3.74. The topological polar surface area (TPSA) is 19.6 Å². The molecule has 3 nitrogen and oxygen atoms in total. The van der Waals surface area contributed by atoms with Gasteiger partial charge in [0.15, 0.2) is 0 Å². The van der Waals surface area contributed by atoms with E-state index in [0.29, 0.717) is 0 Å². The molecule has 0 aliphatic carbocycles. The summed E-state index contributed by atoms with van der Waals surface area (Å²) in [6.07, 6.45) is 0. The second-order valence-corrected chi connectivity index (χ2v) is 15.7. The Hall–Kier alpha value is -8.40. The molecule has 298 valence electrons. The Labute approximate surface area is 368 Å². The SMILES string of the molecule is c1ccc(-c2ccccc2N(c2cccc(-c3cccc(N(c4ccccc4-c4ccccc4)c4ccccc4-c4ccccc4)c3)c2)c2ccc3c(c2)oc2ccccc23)cc1. The Bertz CT molecular complexity index is 3270. The minimum atomic E-state index is 0.853. The third-order valence-electron chi connectivity index (χ3n) is 11.9. The quantitative estimate of drug-likeness (QED) is 0.137. The van der Waals surface area contributed by atoms with E-state index in [1.54, 1.807) is 0 Å². The first-order valence-corrected chi connectivity index (χ1v) is 21.4. The Balaban J connectivity index is 1.08. The van der Waals surface area contributed by atoms with Gasteiger partial charge in [-0.1, -0.05) is 188 Å². The van der Waals surface area contributed by atoms with E-state index in [0.717, 1.165) is 101 Å². The zero-order valence-electron chi connectivity index (χ0n) is 34.6.